The number of benzene rings is 1. The normalized spacial score (nSPS) is 29.9. The zero-order valence-electron chi connectivity index (χ0n) is 12.3. The molecule has 0 aromatic heterocycles. The highest BCUT2D eigenvalue weighted by atomic mass is 19.1. The van der Waals surface area contributed by atoms with Crippen LogP contribution in [0.25, 0.3) is 0 Å². The van der Waals surface area contributed by atoms with E-state index < -0.39 is 6.10 Å². The minimum Gasteiger partial charge on any atom is -0.387 e. The van der Waals surface area contributed by atoms with Gasteiger partial charge in [0.1, 0.15) is 5.82 Å². The van der Waals surface area contributed by atoms with Gasteiger partial charge >= 0.3 is 0 Å². The molecule has 0 saturated carbocycles. The fourth-order valence-corrected chi connectivity index (χ4v) is 2.95. The SMILES string of the molecule is CC1CC(NC(C)C(O)c2ccc(F)cc2)CC(C)O1. The van der Waals surface area contributed by atoms with Crippen LogP contribution in [0.15, 0.2) is 24.3 Å². The van der Waals surface area contributed by atoms with E-state index in [0.29, 0.717) is 6.04 Å². The Labute approximate surface area is 120 Å². The summed E-state index contributed by atoms with van der Waals surface area (Å²) >= 11 is 0. The van der Waals surface area contributed by atoms with Crippen LogP contribution in [0.4, 0.5) is 4.39 Å². The third-order valence-corrected chi connectivity index (χ3v) is 3.88. The average Bonchev–Trinajstić information content (AvgIpc) is 2.37. The number of aliphatic hydroxyl groups is 1. The zero-order chi connectivity index (χ0) is 14.7. The van der Waals surface area contributed by atoms with Gasteiger partial charge in [0, 0.05) is 12.1 Å². The van der Waals surface area contributed by atoms with Gasteiger partial charge in [0.25, 0.3) is 0 Å². The van der Waals surface area contributed by atoms with Crippen LogP contribution in [0.1, 0.15) is 45.3 Å². The van der Waals surface area contributed by atoms with Crippen LogP contribution >= 0.6 is 0 Å². The Balaban J connectivity index is 1.93. The third kappa shape index (κ3) is 4.01. The monoisotopic (exact) mass is 281 g/mol. The van der Waals surface area contributed by atoms with Crippen molar-refractivity contribution in [2.45, 2.75) is 64.0 Å². The molecule has 1 fully saturated rings. The Morgan fingerprint density at radius 1 is 1.20 bits per heavy atom. The van der Waals surface area contributed by atoms with Crippen LogP contribution in [-0.4, -0.2) is 29.4 Å². The highest BCUT2D eigenvalue weighted by Crippen LogP contribution is 2.22. The minimum atomic E-state index is -0.635. The lowest BCUT2D eigenvalue weighted by Gasteiger charge is -2.35. The van der Waals surface area contributed by atoms with Crippen molar-refractivity contribution in [3.8, 4) is 0 Å². The third-order valence-electron chi connectivity index (χ3n) is 3.88. The molecule has 2 rings (SSSR count). The molecule has 1 heterocycles. The van der Waals surface area contributed by atoms with Gasteiger partial charge in [-0.15, -0.1) is 0 Å². The molecule has 4 unspecified atom stereocenters. The first kappa shape index (κ1) is 15.4. The molecular weight excluding hydrogens is 257 g/mol. The number of nitrogens with one attached hydrogen (secondary N) is 1. The molecule has 0 bridgehead atoms. The molecule has 112 valence electrons. The van der Waals surface area contributed by atoms with Crippen molar-refractivity contribution in [2.24, 2.45) is 0 Å². The number of rotatable bonds is 4. The van der Waals surface area contributed by atoms with Crippen molar-refractivity contribution in [3.63, 3.8) is 0 Å². The van der Waals surface area contributed by atoms with Crippen LogP contribution in [0.3, 0.4) is 0 Å². The van der Waals surface area contributed by atoms with E-state index in [9.17, 15) is 9.50 Å². The van der Waals surface area contributed by atoms with Crippen molar-refractivity contribution >= 4 is 0 Å². The maximum Gasteiger partial charge on any atom is 0.123 e. The molecule has 1 saturated heterocycles. The van der Waals surface area contributed by atoms with Gasteiger partial charge in [-0.05, 0) is 51.3 Å². The number of hydrogen-bond acceptors (Lipinski definition) is 3. The number of aliphatic hydroxyl groups excluding tert-OH is 1. The molecule has 0 radical (unpaired) electrons. The van der Waals surface area contributed by atoms with Crippen molar-refractivity contribution in [3.05, 3.63) is 35.6 Å². The first-order valence-electron chi connectivity index (χ1n) is 7.30. The second kappa shape index (κ2) is 6.66. The standard InChI is InChI=1S/C16H24FNO2/c1-10-8-15(9-11(2)20-10)18-12(3)16(19)13-4-6-14(17)7-5-13/h4-7,10-12,15-16,18-19H,8-9H2,1-3H3. The van der Waals surface area contributed by atoms with Crippen molar-refractivity contribution in [2.75, 3.05) is 0 Å². The summed E-state index contributed by atoms with van der Waals surface area (Å²) in [6.45, 7) is 6.11. The zero-order valence-corrected chi connectivity index (χ0v) is 12.3. The molecule has 1 aliphatic heterocycles. The summed E-state index contributed by atoms with van der Waals surface area (Å²) in [7, 11) is 0. The number of halogens is 1. The lowest BCUT2D eigenvalue weighted by molar-refractivity contribution is -0.0458. The fourth-order valence-electron chi connectivity index (χ4n) is 2.95. The lowest BCUT2D eigenvalue weighted by Crippen LogP contribution is -2.46. The van der Waals surface area contributed by atoms with Gasteiger partial charge in [0.15, 0.2) is 0 Å². The van der Waals surface area contributed by atoms with Gasteiger partial charge in [0.2, 0.25) is 0 Å². The van der Waals surface area contributed by atoms with Crippen molar-refractivity contribution < 1.29 is 14.2 Å². The number of hydrogen-bond donors (Lipinski definition) is 2. The van der Waals surface area contributed by atoms with Crippen LogP contribution in [-0.2, 0) is 4.74 Å². The fraction of sp³-hybridized carbons (Fsp3) is 0.625. The van der Waals surface area contributed by atoms with E-state index in [4.69, 9.17) is 4.74 Å². The predicted molar refractivity (Wildman–Crippen MR) is 77.0 cm³/mol. The molecular formula is C16H24FNO2. The maximum atomic E-state index is 12.9. The molecule has 0 amide bonds. The molecule has 3 nitrogen and oxygen atoms in total. The van der Waals surface area contributed by atoms with Crippen LogP contribution in [0, 0.1) is 5.82 Å². The summed E-state index contributed by atoms with van der Waals surface area (Å²) in [5, 5.41) is 13.8. The molecule has 2 N–H and O–H groups in total. The predicted octanol–water partition coefficient (Wildman–Crippen LogP) is 2.79. The van der Waals surface area contributed by atoms with E-state index in [1.165, 1.54) is 12.1 Å². The highest BCUT2D eigenvalue weighted by Gasteiger charge is 2.27. The Kier molecular flexibility index (Phi) is 5.13. The van der Waals surface area contributed by atoms with Crippen LogP contribution in [0.2, 0.25) is 0 Å². The molecule has 0 spiro atoms. The Bertz CT molecular complexity index is 413. The first-order chi connectivity index (χ1) is 9.45. The smallest absolute Gasteiger partial charge is 0.123 e. The Morgan fingerprint density at radius 2 is 1.75 bits per heavy atom. The van der Waals surface area contributed by atoms with Gasteiger partial charge in [0.05, 0.1) is 18.3 Å². The largest absolute Gasteiger partial charge is 0.387 e. The molecule has 4 atom stereocenters. The van der Waals surface area contributed by atoms with E-state index in [1.807, 2.05) is 6.92 Å². The Hall–Kier alpha value is -0.970. The second-order valence-electron chi connectivity index (χ2n) is 5.88. The van der Waals surface area contributed by atoms with Gasteiger partial charge in [-0.1, -0.05) is 12.1 Å². The molecule has 0 aliphatic carbocycles. The Morgan fingerprint density at radius 3 is 2.30 bits per heavy atom. The molecule has 20 heavy (non-hydrogen) atoms. The van der Waals surface area contributed by atoms with E-state index >= 15 is 0 Å². The molecule has 1 aliphatic rings. The quantitative estimate of drug-likeness (QED) is 0.891. The van der Waals surface area contributed by atoms with E-state index in [-0.39, 0.29) is 24.1 Å². The van der Waals surface area contributed by atoms with Crippen molar-refractivity contribution in [1.82, 2.24) is 5.32 Å². The second-order valence-corrected chi connectivity index (χ2v) is 5.88. The number of ether oxygens (including phenoxy) is 1. The minimum absolute atomic E-state index is 0.0806. The molecule has 1 aromatic carbocycles. The molecule has 1 aromatic rings. The highest BCUT2D eigenvalue weighted by molar-refractivity contribution is 5.19. The average molecular weight is 281 g/mol. The summed E-state index contributed by atoms with van der Waals surface area (Å²) in [4.78, 5) is 0. The van der Waals surface area contributed by atoms with E-state index in [1.54, 1.807) is 12.1 Å². The summed E-state index contributed by atoms with van der Waals surface area (Å²) in [6, 6.07) is 6.29. The summed E-state index contributed by atoms with van der Waals surface area (Å²) in [6.07, 6.45) is 1.75. The molecule has 4 heteroatoms. The van der Waals surface area contributed by atoms with Gasteiger partial charge in [-0.25, -0.2) is 4.39 Å². The van der Waals surface area contributed by atoms with Gasteiger partial charge in [-0.3, -0.25) is 0 Å². The van der Waals surface area contributed by atoms with E-state index in [0.717, 1.165) is 18.4 Å². The van der Waals surface area contributed by atoms with Crippen LogP contribution in [0.5, 0.6) is 0 Å². The van der Waals surface area contributed by atoms with Crippen molar-refractivity contribution in [1.29, 1.82) is 0 Å². The summed E-state index contributed by atoms with van der Waals surface area (Å²) in [5.74, 6) is -0.284. The van der Waals surface area contributed by atoms with E-state index in [2.05, 4.69) is 19.2 Å². The van der Waals surface area contributed by atoms with Crippen LogP contribution < -0.4 is 5.32 Å². The topological polar surface area (TPSA) is 41.5 Å². The summed E-state index contributed by atoms with van der Waals surface area (Å²) in [5.41, 5.74) is 0.736. The lowest BCUT2D eigenvalue weighted by atomic mass is 9.97. The maximum absolute atomic E-state index is 12.9. The summed E-state index contributed by atoms with van der Waals surface area (Å²) < 4.78 is 18.6. The van der Waals surface area contributed by atoms with Gasteiger partial charge in [-0.2, -0.15) is 0 Å². The first-order valence-corrected chi connectivity index (χ1v) is 7.30. The van der Waals surface area contributed by atoms with Gasteiger partial charge < -0.3 is 15.2 Å².